The second kappa shape index (κ2) is 5.38. The molecule has 0 bridgehead atoms. The molecule has 0 nitrogen and oxygen atoms in total. The highest BCUT2D eigenvalue weighted by atomic mass is 79.9. The Bertz CT molecular complexity index is 255. The lowest BCUT2D eigenvalue weighted by Crippen LogP contribution is -2.04. The summed E-state index contributed by atoms with van der Waals surface area (Å²) < 4.78 is 0. The third-order valence-electron chi connectivity index (χ3n) is 2.36. The first-order chi connectivity index (χ1) is 6.20. The zero-order valence-electron chi connectivity index (χ0n) is 7.89. The van der Waals surface area contributed by atoms with Gasteiger partial charge >= 0.3 is 0 Å². The van der Waals surface area contributed by atoms with E-state index in [0.717, 1.165) is 5.02 Å². The lowest BCUT2D eigenvalue weighted by molar-refractivity contribution is 0.490. The first-order valence-electron chi connectivity index (χ1n) is 4.57. The lowest BCUT2D eigenvalue weighted by Gasteiger charge is -2.18. The van der Waals surface area contributed by atoms with E-state index < -0.39 is 0 Å². The van der Waals surface area contributed by atoms with Crippen LogP contribution in [0.5, 0.6) is 0 Å². The van der Waals surface area contributed by atoms with Gasteiger partial charge < -0.3 is 0 Å². The number of hydrogen-bond acceptors (Lipinski definition) is 1. The van der Waals surface area contributed by atoms with Crippen LogP contribution in [-0.2, 0) is 0 Å². The van der Waals surface area contributed by atoms with Crippen molar-refractivity contribution in [1.29, 1.82) is 0 Å². The molecule has 13 heavy (non-hydrogen) atoms. The van der Waals surface area contributed by atoms with Crippen LogP contribution < -0.4 is 0 Å². The summed E-state index contributed by atoms with van der Waals surface area (Å²) in [7, 11) is 0. The fourth-order valence-corrected chi connectivity index (χ4v) is 4.11. The van der Waals surface area contributed by atoms with E-state index in [1.807, 2.05) is 11.4 Å². The molecule has 0 N–H and O–H groups in total. The minimum atomic E-state index is 0.426. The van der Waals surface area contributed by atoms with E-state index in [1.165, 1.54) is 17.7 Å². The van der Waals surface area contributed by atoms with E-state index in [1.54, 1.807) is 11.3 Å². The molecule has 0 saturated heterocycles. The van der Waals surface area contributed by atoms with Gasteiger partial charge in [0, 0.05) is 4.88 Å². The normalized spacial score (nSPS) is 13.6. The third-order valence-corrected chi connectivity index (χ3v) is 5.31. The summed E-state index contributed by atoms with van der Waals surface area (Å²) >= 11 is 11.5. The molecule has 0 aliphatic heterocycles. The van der Waals surface area contributed by atoms with Gasteiger partial charge in [-0.15, -0.1) is 11.3 Å². The summed E-state index contributed by atoms with van der Waals surface area (Å²) in [6, 6.07) is 1.97. The molecule has 0 aliphatic rings. The second-order valence-electron chi connectivity index (χ2n) is 3.11. The van der Waals surface area contributed by atoms with Crippen molar-refractivity contribution in [2.45, 2.75) is 31.5 Å². The highest BCUT2D eigenvalue weighted by molar-refractivity contribution is 9.09. The van der Waals surface area contributed by atoms with Crippen LogP contribution in [0.15, 0.2) is 11.4 Å². The highest BCUT2D eigenvalue weighted by Crippen LogP contribution is 2.41. The number of alkyl halides is 1. The molecule has 1 aromatic heterocycles. The Labute approximate surface area is 97.4 Å². The van der Waals surface area contributed by atoms with Crippen molar-refractivity contribution in [3.63, 3.8) is 0 Å². The molecule has 1 aromatic rings. The number of rotatable bonds is 4. The molecule has 0 spiro atoms. The van der Waals surface area contributed by atoms with Crippen LogP contribution in [0, 0.1) is 5.92 Å². The predicted molar refractivity (Wildman–Crippen MR) is 65.1 cm³/mol. The van der Waals surface area contributed by atoms with Gasteiger partial charge in [-0.2, -0.15) is 0 Å². The Kier molecular flexibility index (Phi) is 4.77. The van der Waals surface area contributed by atoms with E-state index in [4.69, 9.17) is 11.6 Å². The van der Waals surface area contributed by atoms with Crippen LogP contribution in [0.2, 0.25) is 5.02 Å². The zero-order valence-corrected chi connectivity index (χ0v) is 11.0. The van der Waals surface area contributed by atoms with Gasteiger partial charge in [-0.3, -0.25) is 0 Å². The SMILES string of the molecule is CCC(CC)C(Br)c1sccc1Cl. The maximum absolute atomic E-state index is 6.07. The number of hydrogen-bond donors (Lipinski definition) is 0. The van der Waals surface area contributed by atoms with E-state index in [-0.39, 0.29) is 0 Å². The largest absolute Gasteiger partial charge is 0.146 e. The molecule has 0 aliphatic carbocycles. The fourth-order valence-electron chi connectivity index (χ4n) is 1.42. The topological polar surface area (TPSA) is 0 Å². The van der Waals surface area contributed by atoms with E-state index in [0.29, 0.717) is 10.7 Å². The zero-order chi connectivity index (χ0) is 9.84. The average molecular weight is 282 g/mol. The lowest BCUT2D eigenvalue weighted by atomic mass is 9.98. The summed E-state index contributed by atoms with van der Waals surface area (Å²) in [5.74, 6) is 0.691. The number of halogens is 2. The molecular weight excluding hydrogens is 268 g/mol. The molecule has 1 rings (SSSR count). The van der Waals surface area contributed by atoms with Gasteiger partial charge in [-0.05, 0) is 17.4 Å². The van der Waals surface area contributed by atoms with Crippen LogP contribution in [0.4, 0.5) is 0 Å². The maximum atomic E-state index is 6.07. The van der Waals surface area contributed by atoms with Gasteiger partial charge in [-0.25, -0.2) is 0 Å². The molecule has 0 fully saturated rings. The Morgan fingerprint density at radius 2 is 2.08 bits per heavy atom. The van der Waals surface area contributed by atoms with Crippen molar-refractivity contribution in [1.82, 2.24) is 0 Å². The Hall–Kier alpha value is 0.470. The van der Waals surface area contributed by atoms with Crippen LogP contribution in [0.3, 0.4) is 0 Å². The smallest absolute Gasteiger partial charge is 0.0556 e. The molecule has 0 aromatic carbocycles. The van der Waals surface area contributed by atoms with Crippen LogP contribution in [0.25, 0.3) is 0 Å². The summed E-state index contributed by atoms with van der Waals surface area (Å²) in [6.07, 6.45) is 2.39. The third kappa shape index (κ3) is 2.71. The first-order valence-corrected chi connectivity index (χ1v) is 6.75. The van der Waals surface area contributed by atoms with Crippen LogP contribution in [-0.4, -0.2) is 0 Å². The van der Waals surface area contributed by atoms with Crippen LogP contribution >= 0.6 is 38.9 Å². The minimum Gasteiger partial charge on any atom is -0.146 e. The summed E-state index contributed by atoms with van der Waals surface area (Å²) in [6.45, 7) is 4.45. The standard InChI is InChI=1S/C10H14BrClS/c1-3-7(4-2)9(11)10-8(12)5-6-13-10/h5-7,9H,3-4H2,1-2H3. The van der Waals surface area contributed by atoms with Crippen molar-refractivity contribution in [3.05, 3.63) is 21.3 Å². The second-order valence-corrected chi connectivity index (χ2v) is 5.45. The quantitative estimate of drug-likeness (QED) is 0.659. The van der Waals surface area contributed by atoms with Gasteiger partial charge in [0.25, 0.3) is 0 Å². The number of thiophene rings is 1. The van der Waals surface area contributed by atoms with Crippen molar-refractivity contribution >= 4 is 38.9 Å². The summed E-state index contributed by atoms with van der Waals surface area (Å²) in [4.78, 5) is 1.70. The molecule has 1 atom stereocenters. The average Bonchev–Trinajstić information content (AvgIpc) is 2.53. The molecule has 1 heterocycles. The Morgan fingerprint density at radius 1 is 1.46 bits per heavy atom. The Morgan fingerprint density at radius 3 is 2.46 bits per heavy atom. The predicted octanol–water partition coefficient (Wildman–Crippen LogP) is 5.27. The van der Waals surface area contributed by atoms with Crippen molar-refractivity contribution in [3.8, 4) is 0 Å². The van der Waals surface area contributed by atoms with Crippen molar-refractivity contribution < 1.29 is 0 Å². The maximum Gasteiger partial charge on any atom is 0.0556 e. The van der Waals surface area contributed by atoms with E-state index in [9.17, 15) is 0 Å². The minimum absolute atomic E-state index is 0.426. The highest BCUT2D eigenvalue weighted by Gasteiger charge is 2.20. The molecule has 1 unspecified atom stereocenters. The molecule has 3 heteroatoms. The molecule has 74 valence electrons. The van der Waals surface area contributed by atoms with E-state index in [2.05, 4.69) is 29.8 Å². The van der Waals surface area contributed by atoms with Crippen LogP contribution in [0.1, 0.15) is 36.4 Å². The summed E-state index contributed by atoms with van der Waals surface area (Å²) in [5.41, 5.74) is 0. The first kappa shape index (κ1) is 11.5. The Balaban J connectivity index is 2.77. The summed E-state index contributed by atoms with van der Waals surface area (Å²) in [5, 5.41) is 2.95. The van der Waals surface area contributed by atoms with E-state index >= 15 is 0 Å². The molecule has 0 radical (unpaired) electrons. The van der Waals surface area contributed by atoms with Gasteiger partial charge in [0.15, 0.2) is 0 Å². The molecule has 0 amide bonds. The van der Waals surface area contributed by atoms with Gasteiger partial charge in [0.05, 0.1) is 9.85 Å². The van der Waals surface area contributed by atoms with Crippen molar-refractivity contribution in [2.24, 2.45) is 5.92 Å². The fraction of sp³-hybridized carbons (Fsp3) is 0.600. The van der Waals surface area contributed by atoms with Gasteiger partial charge in [0.1, 0.15) is 0 Å². The van der Waals surface area contributed by atoms with Crippen molar-refractivity contribution in [2.75, 3.05) is 0 Å². The van der Waals surface area contributed by atoms with Gasteiger partial charge in [0.2, 0.25) is 0 Å². The monoisotopic (exact) mass is 280 g/mol. The molecular formula is C10H14BrClS. The van der Waals surface area contributed by atoms with Gasteiger partial charge in [-0.1, -0.05) is 54.2 Å². The molecule has 0 saturated carbocycles.